The second-order valence-electron chi connectivity index (χ2n) is 5.49. The van der Waals surface area contributed by atoms with Gasteiger partial charge in [0.2, 0.25) is 0 Å². The lowest BCUT2D eigenvalue weighted by Crippen LogP contribution is -2.15. The van der Waals surface area contributed by atoms with Crippen LogP contribution in [0.1, 0.15) is 21.6 Å². The van der Waals surface area contributed by atoms with E-state index in [4.69, 9.17) is 17.3 Å². The van der Waals surface area contributed by atoms with Gasteiger partial charge in [-0.3, -0.25) is 4.79 Å². The third-order valence-corrected chi connectivity index (χ3v) is 3.84. The molecule has 2 aromatic carbocycles. The van der Waals surface area contributed by atoms with Crippen LogP contribution in [0.4, 0.5) is 11.5 Å². The van der Waals surface area contributed by atoms with Crippen LogP contribution < -0.4 is 11.1 Å². The fourth-order valence-electron chi connectivity index (χ4n) is 2.38. The van der Waals surface area contributed by atoms with Gasteiger partial charge in [0, 0.05) is 10.7 Å². The van der Waals surface area contributed by atoms with E-state index >= 15 is 0 Å². The van der Waals surface area contributed by atoms with Gasteiger partial charge >= 0.3 is 0 Å². The van der Waals surface area contributed by atoms with E-state index in [0.717, 1.165) is 11.1 Å². The highest BCUT2D eigenvalue weighted by molar-refractivity contribution is 6.30. The van der Waals surface area contributed by atoms with Gasteiger partial charge in [-0.15, -0.1) is 5.10 Å². The van der Waals surface area contributed by atoms with Crippen molar-refractivity contribution in [2.24, 2.45) is 0 Å². The molecular weight excluding hydrogens is 326 g/mol. The highest BCUT2D eigenvalue weighted by Gasteiger charge is 2.19. The van der Waals surface area contributed by atoms with Gasteiger partial charge in [0.1, 0.15) is 0 Å². The average Bonchev–Trinajstić information content (AvgIpc) is 2.92. The number of carbonyl (C=O) groups is 1. The number of amides is 1. The second kappa shape index (κ2) is 6.33. The van der Waals surface area contributed by atoms with E-state index in [1.54, 1.807) is 24.3 Å². The van der Waals surface area contributed by atoms with Crippen molar-refractivity contribution < 1.29 is 4.79 Å². The van der Waals surface area contributed by atoms with E-state index in [9.17, 15) is 4.79 Å². The third kappa shape index (κ3) is 3.09. The zero-order valence-electron chi connectivity index (χ0n) is 13.2. The van der Waals surface area contributed by atoms with E-state index in [1.807, 2.05) is 32.0 Å². The number of nitrogen functional groups attached to an aromatic ring is 1. The van der Waals surface area contributed by atoms with Crippen molar-refractivity contribution >= 4 is 29.0 Å². The molecule has 122 valence electrons. The Morgan fingerprint density at radius 3 is 2.71 bits per heavy atom. The lowest BCUT2D eigenvalue weighted by molar-refractivity contribution is 0.102. The second-order valence-corrected chi connectivity index (χ2v) is 5.92. The zero-order valence-corrected chi connectivity index (χ0v) is 14.0. The maximum Gasteiger partial charge on any atom is 0.280 e. The number of halogens is 1. The van der Waals surface area contributed by atoms with Crippen molar-refractivity contribution in [1.82, 2.24) is 15.0 Å². The third-order valence-electron chi connectivity index (χ3n) is 3.60. The van der Waals surface area contributed by atoms with Gasteiger partial charge in [0.25, 0.3) is 5.91 Å². The highest BCUT2D eigenvalue weighted by Crippen LogP contribution is 2.21. The molecule has 1 aromatic heterocycles. The molecule has 6 nitrogen and oxygen atoms in total. The van der Waals surface area contributed by atoms with Gasteiger partial charge in [0.05, 0.1) is 5.69 Å². The maximum absolute atomic E-state index is 12.5. The normalized spacial score (nSPS) is 10.6. The molecule has 0 aliphatic carbocycles. The Balaban J connectivity index is 1.89. The SMILES string of the molecule is Cc1ccc(NC(=O)c2nnn(-c3cccc(Cl)c3)c2N)c(C)c1. The maximum atomic E-state index is 12.5. The van der Waals surface area contributed by atoms with Crippen LogP contribution in [-0.4, -0.2) is 20.9 Å². The summed E-state index contributed by atoms with van der Waals surface area (Å²) in [7, 11) is 0. The molecule has 0 spiro atoms. The van der Waals surface area contributed by atoms with E-state index in [0.29, 0.717) is 16.4 Å². The van der Waals surface area contributed by atoms with Crippen LogP contribution in [0.2, 0.25) is 5.02 Å². The number of rotatable bonds is 3. The summed E-state index contributed by atoms with van der Waals surface area (Å²) in [6, 6.07) is 12.7. The van der Waals surface area contributed by atoms with Crippen LogP contribution >= 0.6 is 11.6 Å². The number of carbonyl (C=O) groups excluding carboxylic acids is 1. The van der Waals surface area contributed by atoms with Gasteiger partial charge in [0.15, 0.2) is 11.5 Å². The Kier molecular flexibility index (Phi) is 4.22. The molecule has 7 heteroatoms. The van der Waals surface area contributed by atoms with Gasteiger partial charge in [-0.2, -0.15) is 4.68 Å². The smallest absolute Gasteiger partial charge is 0.280 e. The number of nitrogens with zero attached hydrogens (tertiary/aromatic N) is 3. The van der Waals surface area contributed by atoms with Crippen molar-refractivity contribution in [1.29, 1.82) is 0 Å². The summed E-state index contributed by atoms with van der Waals surface area (Å²) < 4.78 is 1.38. The summed E-state index contributed by atoms with van der Waals surface area (Å²) in [5.74, 6) is -0.257. The summed E-state index contributed by atoms with van der Waals surface area (Å²) in [4.78, 5) is 12.5. The van der Waals surface area contributed by atoms with E-state index < -0.39 is 5.91 Å². The minimum Gasteiger partial charge on any atom is -0.382 e. The van der Waals surface area contributed by atoms with Gasteiger partial charge in [-0.25, -0.2) is 0 Å². The summed E-state index contributed by atoms with van der Waals surface area (Å²) in [6.07, 6.45) is 0. The van der Waals surface area contributed by atoms with Crippen LogP contribution in [0.25, 0.3) is 5.69 Å². The monoisotopic (exact) mass is 341 g/mol. The summed E-state index contributed by atoms with van der Waals surface area (Å²) >= 11 is 5.97. The number of anilines is 2. The Morgan fingerprint density at radius 2 is 2.00 bits per heavy atom. The lowest BCUT2D eigenvalue weighted by Gasteiger charge is -2.08. The molecule has 0 atom stereocenters. The molecular formula is C17H16ClN5O. The first-order valence-corrected chi connectivity index (χ1v) is 7.69. The van der Waals surface area contributed by atoms with Crippen molar-refractivity contribution in [3.63, 3.8) is 0 Å². The minimum absolute atomic E-state index is 0.0648. The predicted octanol–water partition coefficient (Wildman–Crippen LogP) is 3.37. The van der Waals surface area contributed by atoms with Gasteiger partial charge in [-0.05, 0) is 43.7 Å². The van der Waals surface area contributed by atoms with E-state index in [2.05, 4.69) is 15.6 Å². The van der Waals surface area contributed by atoms with Crippen LogP contribution in [-0.2, 0) is 0 Å². The van der Waals surface area contributed by atoms with Crippen molar-refractivity contribution in [2.75, 3.05) is 11.1 Å². The summed E-state index contributed by atoms with van der Waals surface area (Å²) in [6.45, 7) is 3.92. The van der Waals surface area contributed by atoms with Crippen LogP contribution in [0.3, 0.4) is 0 Å². The average molecular weight is 342 g/mol. The van der Waals surface area contributed by atoms with Gasteiger partial charge < -0.3 is 11.1 Å². The molecule has 0 fully saturated rings. The minimum atomic E-state index is -0.410. The molecule has 3 aromatic rings. The number of hydrogen-bond donors (Lipinski definition) is 2. The molecule has 0 radical (unpaired) electrons. The molecule has 0 aliphatic heterocycles. The highest BCUT2D eigenvalue weighted by atomic mass is 35.5. The Hall–Kier alpha value is -2.86. The molecule has 3 rings (SSSR count). The zero-order chi connectivity index (χ0) is 17.3. The lowest BCUT2D eigenvalue weighted by atomic mass is 10.1. The number of nitrogens with one attached hydrogen (secondary N) is 1. The number of aromatic nitrogens is 3. The van der Waals surface area contributed by atoms with Crippen LogP contribution in [0, 0.1) is 13.8 Å². The molecule has 0 saturated carbocycles. The molecule has 24 heavy (non-hydrogen) atoms. The summed E-state index contributed by atoms with van der Waals surface area (Å²) in [5.41, 5.74) is 9.53. The Bertz CT molecular complexity index is 919. The number of hydrogen-bond acceptors (Lipinski definition) is 4. The Morgan fingerprint density at radius 1 is 1.21 bits per heavy atom. The predicted molar refractivity (Wildman–Crippen MR) is 94.7 cm³/mol. The van der Waals surface area contributed by atoms with Crippen LogP contribution in [0.15, 0.2) is 42.5 Å². The van der Waals surface area contributed by atoms with Crippen molar-refractivity contribution in [2.45, 2.75) is 13.8 Å². The first-order chi connectivity index (χ1) is 11.5. The standard InChI is InChI=1S/C17H16ClN5O/c1-10-6-7-14(11(2)8-10)20-17(24)15-16(19)23(22-21-15)13-5-3-4-12(18)9-13/h3-9H,19H2,1-2H3,(H,20,24). The molecule has 1 amide bonds. The topological polar surface area (TPSA) is 85.8 Å². The molecule has 0 bridgehead atoms. The molecule has 3 N–H and O–H groups in total. The van der Waals surface area contributed by atoms with E-state index in [1.165, 1.54) is 4.68 Å². The van der Waals surface area contributed by atoms with Crippen molar-refractivity contribution in [3.8, 4) is 5.69 Å². The first-order valence-electron chi connectivity index (χ1n) is 7.31. The first kappa shape index (κ1) is 16.0. The van der Waals surface area contributed by atoms with E-state index in [-0.39, 0.29) is 11.5 Å². The molecule has 0 unspecified atom stereocenters. The fraction of sp³-hybridized carbons (Fsp3) is 0.118. The van der Waals surface area contributed by atoms with Crippen LogP contribution in [0.5, 0.6) is 0 Å². The summed E-state index contributed by atoms with van der Waals surface area (Å²) in [5, 5.41) is 11.2. The quantitative estimate of drug-likeness (QED) is 0.764. The van der Waals surface area contributed by atoms with Gasteiger partial charge in [-0.1, -0.05) is 40.6 Å². The largest absolute Gasteiger partial charge is 0.382 e. The number of benzene rings is 2. The molecule has 1 heterocycles. The molecule has 0 saturated heterocycles. The Labute approximate surface area is 144 Å². The molecule has 0 aliphatic rings. The fourth-order valence-corrected chi connectivity index (χ4v) is 2.57. The van der Waals surface area contributed by atoms with Crippen molar-refractivity contribution in [3.05, 3.63) is 64.3 Å². The number of aryl methyl sites for hydroxylation is 2. The number of nitrogens with two attached hydrogens (primary N) is 1.